The Morgan fingerprint density at radius 3 is 2.06 bits per heavy atom. The molecule has 0 aliphatic carbocycles. The van der Waals surface area contributed by atoms with E-state index in [1.54, 1.807) is 20.8 Å². The Balaban J connectivity index is 0. The number of esters is 1. The standard InChI is InChI=1S/C8H13NO2.C6H14/c1-4-11-8(10)6(2)5-7(3)9;1-4-5-6(2)3/h5,9H,4H2,1-3H3;6H,4-5H2,1-3H3/b6-5+,9-7?;. The van der Waals surface area contributed by atoms with Crippen LogP contribution in [0.3, 0.4) is 0 Å². The SMILES string of the molecule is CCCC(C)C.CCOC(=O)/C(C)=C/C(C)=N. The molecule has 0 bridgehead atoms. The lowest BCUT2D eigenvalue weighted by Gasteiger charge is -1.99. The molecule has 0 unspecified atom stereocenters. The minimum Gasteiger partial charge on any atom is -0.463 e. The molecule has 100 valence electrons. The zero-order valence-electron chi connectivity index (χ0n) is 12.1. The van der Waals surface area contributed by atoms with Crippen molar-refractivity contribution >= 4 is 11.7 Å². The zero-order valence-corrected chi connectivity index (χ0v) is 12.1. The molecule has 0 atom stereocenters. The number of hydrogen-bond acceptors (Lipinski definition) is 3. The number of rotatable bonds is 5. The van der Waals surface area contributed by atoms with E-state index in [1.165, 1.54) is 18.9 Å². The van der Waals surface area contributed by atoms with Gasteiger partial charge in [0.05, 0.1) is 6.61 Å². The summed E-state index contributed by atoms with van der Waals surface area (Å²) in [6.07, 6.45) is 4.19. The van der Waals surface area contributed by atoms with Crippen LogP contribution in [0.15, 0.2) is 11.6 Å². The quantitative estimate of drug-likeness (QED) is 0.449. The number of hydrogen-bond donors (Lipinski definition) is 1. The lowest BCUT2D eigenvalue weighted by atomic mass is 10.1. The summed E-state index contributed by atoms with van der Waals surface area (Å²) in [4.78, 5) is 10.9. The fourth-order valence-electron chi connectivity index (χ4n) is 1.21. The molecule has 0 aliphatic rings. The van der Waals surface area contributed by atoms with Crippen molar-refractivity contribution in [3.05, 3.63) is 11.6 Å². The highest BCUT2D eigenvalue weighted by Gasteiger charge is 2.02. The van der Waals surface area contributed by atoms with Crippen LogP contribution >= 0.6 is 0 Å². The maximum absolute atomic E-state index is 10.9. The molecule has 1 N–H and O–H groups in total. The molecule has 0 radical (unpaired) electrons. The van der Waals surface area contributed by atoms with Crippen molar-refractivity contribution in [3.63, 3.8) is 0 Å². The second-order valence-electron chi connectivity index (χ2n) is 4.41. The normalized spacial score (nSPS) is 10.6. The van der Waals surface area contributed by atoms with Gasteiger partial charge in [-0.05, 0) is 32.8 Å². The van der Waals surface area contributed by atoms with E-state index in [1.807, 2.05) is 0 Å². The number of carbonyl (C=O) groups excluding carboxylic acids is 1. The molecule has 3 nitrogen and oxygen atoms in total. The maximum atomic E-state index is 10.9. The summed E-state index contributed by atoms with van der Waals surface area (Å²) in [6, 6.07) is 0. The van der Waals surface area contributed by atoms with Gasteiger partial charge >= 0.3 is 5.97 Å². The first-order valence-electron chi connectivity index (χ1n) is 6.25. The van der Waals surface area contributed by atoms with E-state index in [-0.39, 0.29) is 5.97 Å². The summed E-state index contributed by atoms with van der Waals surface area (Å²) < 4.78 is 4.70. The van der Waals surface area contributed by atoms with Crippen LogP contribution in [0.4, 0.5) is 0 Å². The van der Waals surface area contributed by atoms with Crippen molar-refractivity contribution in [3.8, 4) is 0 Å². The number of allylic oxidation sites excluding steroid dienone is 1. The van der Waals surface area contributed by atoms with E-state index in [0.29, 0.717) is 17.9 Å². The molecule has 0 fully saturated rings. The van der Waals surface area contributed by atoms with Crippen molar-refractivity contribution < 1.29 is 9.53 Å². The fourth-order valence-corrected chi connectivity index (χ4v) is 1.21. The lowest BCUT2D eigenvalue weighted by Crippen LogP contribution is -2.06. The highest BCUT2D eigenvalue weighted by atomic mass is 16.5. The average Bonchev–Trinajstić information content (AvgIpc) is 2.17. The largest absolute Gasteiger partial charge is 0.463 e. The second kappa shape index (κ2) is 11.4. The Morgan fingerprint density at radius 1 is 1.29 bits per heavy atom. The molecule has 0 aromatic heterocycles. The smallest absolute Gasteiger partial charge is 0.333 e. The van der Waals surface area contributed by atoms with Gasteiger partial charge in [-0.25, -0.2) is 4.79 Å². The third-order valence-corrected chi connectivity index (χ3v) is 1.90. The van der Waals surface area contributed by atoms with Crippen molar-refractivity contribution in [2.24, 2.45) is 5.92 Å². The van der Waals surface area contributed by atoms with Crippen LogP contribution in [0.2, 0.25) is 0 Å². The van der Waals surface area contributed by atoms with Crippen LogP contribution in [0.25, 0.3) is 0 Å². The fraction of sp³-hybridized carbons (Fsp3) is 0.714. The zero-order chi connectivity index (χ0) is 13.8. The Kier molecular flexibility index (Phi) is 12.2. The summed E-state index contributed by atoms with van der Waals surface area (Å²) in [5.74, 6) is 0.550. The molecular weight excluding hydrogens is 214 g/mol. The maximum Gasteiger partial charge on any atom is 0.333 e. The van der Waals surface area contributed by atoms with Crippen molar-refractivity contribution in [2.75, 3.05) is 6.61 Å². The van der Waals surface area contributed by atoms with Gasteiger partial charge in [-0.3, -0.25) is 0 Å². The van der Waals surface area contributed by atoms with E-state index < -0.39 is 0 Å². The summed E-state index contributed by atoms with van der Waals surface area (Å²) in [5, 5.41) is 7.07. The van der Waals surface area contributed by atoms with Crippen LogP contribution in [-0.2, 0) is 9.53 Å². The van der Waals surface area contributed by atoms with E-state index >= 15 is 0 Å². The van der Waals surface area contributed by atoms with Gasteiger partial charge < -0.3 is 10.1 Å². The summed E-state index contributed by atoms with van der Waals surface area (Å²) in [5.41, 5.74) is 0.829. The Hall–Kier alpha value is -1.12. The van der Waals surface area contributed by atoms with Crippen LogP contribution in [0, 0.1) is 11.3 Å². The molecule has 17 heavy (non-hydrogen) atoms. The Labute approximate surface area is 106 Å². The monoisotopic (exact) mass is 241 g/mol. The molecule has 0 spiro atoms. The molecule has 0 heterocycles. The topological polar surface area (TPSA) is 50.2 Å². The third kappa shape index (κ3) is 14.9. The van der Waals surface area contributed by atoms with Gasteiger partial charge in [-0.15, -0.1) is 0 Å². The van der Waals surface area contributed by atoms with Crippen LogP contribution in [0.1, 0.15) is 54.4 Å². The Morgan fingerprint density at radius 2 is 1.82 bits per heavy atom. The average molecular weight is 241 g/mol. The first-order chi connectivity index (χ1) is 7.84. The summed E-state index contributed by atoms with van der Waals surface area (Å²) >= 11 is 0. The molecule has 3 heteroatoms. The van der Waals surface area contributed by atoms with Gasteiger partial charge in [0.25, 0.3) is 0 Å². The first-order valence-corrected chi connectivity index (χ1v) is 6.25. The molecule has 0 rings (SSSR count). The number of carbonyl (C=O) groups is 1. The molecule has 0 aliphatic heterocycles. The summed E-state index contributed by atoms with van der Waals surface area (Å²) in [7, 11) is 0. The van der Waals surface area contributed by atoms with Gasteiger partial charge in [-0.2, -0.15) is 0 Å². The number of ether oxygens (including phenoxy) is 1. The van der Waals surface area contributed by atoms with E-state index in [4.69, 9.17) is 10.1 Å². The first kappa shape index (κ1) is 18.3. The Bertz CT molecular complexity index is 255. The van der Waals surface area contributed by atoms with Gasteiger partial charge in [0, 0.05) is 11.3 Å². The van der Waals surface area contributed by atoms with Gasteiger partial charge in [0.2, 0.25) is 0 Å². The van der Waals surface area contributed by atoms with Gasteiger partial charge in [0.1, 0.15) is 0 Å². The molecule has 0 aromatic carbocycles. The summed E-state index contributed by atoms with van der Waals surface area (Å²) in [6.45, 7) is 12.1. The van der Waals surface area contributed by atoms with Crippen molar-refractivity contribution in [2.45, 2.75) is 54.4 Å². The van der Waals surface area contributed by atoms with Crippen LogP contribution < -0.4 is 0 Å². The number of nitrogens with one attached hydrogen (secondary N) is 1. The molecule has 0 aromatic rings. The van der Waals surface area contributed by atoms with Crippen LogP contribution in [0.5, 0.6) is 0 Å². The predicted octanol–water partition coefficient (Wildman–Crippen LogP) is 3.98. The van der Waals surface area contributed by atoms with Crippen molar-refractivity contribution in [1.29, 1.82) is 5.41 Å². The van der Waals surface area contributed by atoms with Gasteiger partial charge in [-0.1, -0.05) is 33.6 Å². The van der Waals surface area contributed by atoms with Crippen molar-refractivity contribution in [1.82, 2.24) is 0 Å². The lowest BCUT2D eigenvalue weighted by molar-refractivity contribution is -0.138. The minimum atomic E-state index is -0.348. The molecule has 0 saturated carbocycles. The third-order valence-electron chi connectivity index (χ3n) is 1.90. The minimum absolute atomic E-state index is 0.348. The second-order valence-corrected chi connectivity index (χ2v) is 4.41. The highest BCUT2D eigenvalue weighted by molar-refractivity contribution is 5.99. The van der Waals surface area contributed by atoms with E-state index in [0.717, 1.165) is 5.92 Å². The molecule has 0 amide bonds. The van der Waals surface area contributed by atoms with Crippen LogP contribution in [-0.4, -0.2) is 18.3 Å². The molecule has 0 saturated heterocycles. The van der Waals surface area contributed by atoms with E-state index in [9.17, 15) is 4.79 Å². The highest BCUT2D eigenvalue weighted by Crippen LogP contribution is 2.00. The predicted molar refractivity (Wildman–Crippen MR) is 73.5 cm³/mol. The van der Waals surface area contributed by atoms with E-state index in [2.05, 4.69) is 20.8 Å². The van der Waals surface area contributed by atoms with Gasteiger partial charge in [0.15, 0.2) is 0 Å². The molecular formula is C14H27NO2.